The number of amides is 1. The van der Waals surface area contributed by atoms with Crippen LogP contribution in [0.1, 0.15) is 5.56 Å². The van der Waals surface area contributed by atoms with E-state index in [4.69, 9.17) is 0 Å². The van der Waals surface area contributed by atoms with Crippen LogP contribution in [0.2, 0.25) is 0 Å². The van der Waals surface area contributed by atoms with Gasteiger partial charge >= 0.3 is 6.18 Å². The first-order valence-electron chi connectivity index (χ1n) is 6.84. The van der Waals surface area contributed by atoms with Gasteiger partial charge < -0.3 is 9.88 Å². The highest BCUT2D eigenvalue weighted by atomic mass is 19.4. The van der Waals surface area contributed by atoms with Crippen molar-refractivity contribution in [2.45, 2.75) is 12.7 Å². The Hall–Kier alpha value is -3.10. The number of H-pyrrole nitrogens is 1. The van der Waals surface area contributed by atoms with Crippen LogP contribution in [-0.2, 0) is 17.5 Å². The number of nitrogens with zero attached hydrogens (tertiary/aromatic N) is 2. The van der Waals surface area contributed by atoms with Gasteiger partial charge in [-0.2, -0.15) is 18.3 Å². The molecule has 2 N–H and O–H groups in total. The van der Waals surface area contributed by atoms with Crippen molar-refractivity contribution < 1.29 is 18.0 Å². The van der Waals surface area contributed by atoms with E-state index in [1.807, 2.05) is 0 Å². The molecule has 3 aromatic rings. The molecule has 2 aromatic heterocycles. The van der Waals surface area contributed by atoms with Crippen LogP contribution in [0.3, 0.4) is 0 Å². The number of hydrogen-bond donors (Lipinski definition) is 2. The molecule has 0 atom stereocenters. The summed E-state index contributed by atoms with van der Waals surface area (Å²) < 4.78 is 38.8. The Balaban J connectivity index is 1.79. The average molecular weight is 336 g/mol. The molecule has 3 rings (SSSR count). The first-order valence-corrected chi connectivity index (χ1v) is 6.84. The van der Waals surface area contributed by atoms with Crippen LogP contribution < -0.4 is 10.9 Å². The minimum atomic E-state index is -4.76. The number of rotatable bonds is 3. The Morgan fingerprint density at radius 1 is 1.29 bits per heavy atom. The van der Waals surface area contributed by atoms with E-state index < -0.39 is 29.8 Å². The van der Waals surface area contributed by atoms with Crippen LogP contribution in [0.25, 0.3) is 10.9 Å². The van der Waals surface area contributed by atoms with E-state index >= 15 is 0 Å². The molecule has 0 saturated heterocycles. The zero-order valence-electron chi connectivity index (χ0n) is 12.1. The van der Waals surface area contributed by atoms with E-state index in [1.165, 1.54) is 0 Å². The molecule has 124 valence electrons. The monoisotopic (exact) mass is 336 g/mol. The number of alkyl halides is 3. The van der Waals surface area contributed by atoms with Crippen LogP contribution in [0, 0.1) is 0 Å². The number of benzene rings is 1. The van der Waals surface area contributed by atoms with E-state index in [1.54, 1.807) is 24.4 Å². The number of fused-ring (bicyclic) bond motifs is 1. The third-order valence-electron chi connectivity index (χ3n) is 3.36. The topological polar surface area (TPSA) is 79.8 Å². The fraction of sp³-hybridized carbons (Fsp3) is 0.133. The molecule has 2 heterocycles. The summed E-state index contributed by atoms with van der Waals surface area (Å²) in [7, 11) is 0. The van der Waals surface area contributed by atoms with Gasteiger partial charge in [-0.3, -0.25) is 14.7 Å². The molecule has 0 fully saturated rings. The van der Waals surface area contributed by atoms with Crippen molar-refractivity contribution in [2.75, 3.05) is 5.32 Å². The summed E-state index contributed by atoms with van der Waals surface area (Å²) in [4.78, 5) is 23.8. The molecule has 0 bridgehead atoms. The molecule has 1 amide bonds. The van der Waals surface area contributed by atoms with Gasteiger partial charge in [0.15, 0.2) is 0 Å². The smallest absolute Gasteiger partial charge is 0.325 e. The summed E-state index contributed by atoms with van der Waals surface area (Å²) in [6.07, 6.45) is -2.05. The second kappa shape index (κ2) is 5.84. The molecule has 24 heavy (non-hydrogen) atoms. The van der Waals surface area contributed by atoms with Crippen molar-refractivity contribution in [3.63, 3.8) is 0 Å². The Bertz CT molecular complexity index is 959. The van der Waals surface area contributed by atoms with Crippen LogP contribution >= 0.6 is 0 Å². The summed E-state index contributed by atoms with van der Waals surface area (Å²) in [5, 5.41) is 9.90. The van der Waals surface area contributed by atoms with Crippen molar-refractivity contribution in [2.24, 2.45) is 0 Å². The molecular formula is C15H11F3N4O2. The number of hydrogen-bond acceptors (Lipinski definition) is 3. The Morgan fingerprint density at radius 2 is 2.08 bits per heavy atom. The SMILES string of the molecule is O=C(Cn1cccc(C(F)(F)F)c1=O)Nc1ccc2[nH]ncc2c1. The molecule has 0 unspecified atom stereocenters. The Morgan fingerprint density at radius 3 is 2.83 bits per heavy atom. The van der Waals surface area contributed by atoms with Crippen LogP contribution in [-0.4, -0.2) is 20.7 Å². The molecule has 0 radical (unpaired) electrons. The number of pyridine rings is 1. The normalized spacial score (nSPS) is 11.6. The molecule has 0 aliphatic rings. The van der Waals surface area contributed by atoms with Gasteiger partial charge in [0.25, 0.3) is 5.56 Å². The largest absolute Gasteiger partial charge is 0.421 e. The third-order valence-corrected chi connectivity index (χ3v) is 3.36. The van der Waals surface area contributed by atoms with Crippen molar-refractivity contribution in [3.05, 3.63) is 58.6 Å². The van der Waals surface area contributed by atoms with Gasteiger partial charge in [0.2, 0.25) is 5.91 Å². The first-order chi connectivity index (χ1) is 11.3. The molecule has 0 aliphatic carbocycles. The van der Waals surface area contributed by atoms with E-state index in [-0.39, 0.29) is 0 Å². The lowest BCUT2D eigenvalue weighted by Gasteiger charge is -2.10. The minimum Gasteiger partial charge on any atom is -0.325 e. The lowest BCUT2D eigenvalue weighted by atomic mass is 10.2. The van der Waals surface area contributed by atoms with Crippen molar-refractivity contribution in [1.82, 2.24) is 14.8 Å². The van der Waals surface area contributed by atoms with Crippen LogP contribution in [0.15, 0.2) is 47.5 Å². The third kappa shape index (κ3) is 3.14. The lowest BCUT2D eigenvalue weighted by Crippen LogP contribution is -2.31. The van der Waals surface area contributed by atoms with Crippen LogP contribution in [0.4, 0.5) is 18.9 Å². The number of aromatic nitrogens is 3. The summed E-state index contributed by atoms with van der Waals surface area (Å²) in [6, 6.07) is 6.74. The van der Waals surface area contributed by atoms with Gasteiger partial charge in [0.1, 0.15) is 12.1 Å². The van der Waals surface area contributed by atoms with E-state index in [0.29, 0.717) is 16.3 Å². The Labute approximate surface area is 132 Å². The zero-order chi connectivity index (χ0) is 17.3. The summed E-state index contributed by atoms with van der Waals surface area (Å²) in [5.41, 5.74) is -1.33. The van der Waals surface area contributed by atoms with Gasteiger partial charge in [-0.05, 0) is 30.3 Å². The molecule has 0 saturated carbocycles. The molecule has 6 nitrogen and oxygen atoms in total. The number of aromatic amines is 1. The van der Waals surface area contributed by atoms with Crippen molar-refractivity contribution >= 4 is 22.5 Å². The Kier molecular flexibility index (Phi) is 3.84. The fourth-order valence-corrected chi connectivity index (χ4v) is 2.25. The lowest BCUT2D eigenvalue weighted by molar-refractivity contribution is -0.139. The quantitative estimate of drug-likeness (QED) is 0.771. The maximum atomic E-state index is 12.7. The number of halogens is 3. The van der Waals surface area contributed by atoms with Gasteiger partial charge in [0.05, 0.1) is 11.7 Å². The summed E-state index contributed by atoms with van der Waals surface area (Å²) >= 11 is 0. The second-order valence-corrected chi connectivity index (χ2v) is 5.07. The van der Waals surface area contributed by atoms with Gasteiger partial charge in [-0.1, -0.05) is 0 Å². The first kappa shape index (κ1) is 15.8. The van der Waals surface area contributed by atoms with Crippen molar-refractivity contribution in [3.8, 4) is 0 Å². The van der Waals surface area contributed by atoms with Crippen molar-refractivity contribution in [1.29, 1.82) is 0 Å². The number of nitrogens with one attached hydrogen (secondary N) is 2. The predicted octanol–water partition coefficient (Wildman–Crippen LogP) is 2.38. The number of carbonyl (C=O) groups is 1. The predicted molar refractivity (Wildman–Crippen MR) is 80.4 cm³/mol. The zero-order valence-corrected chi connectivity index (χ0v) is 12.1. The summed E-state index contributed by atoms with van der Waals surface area (Å²) in [6.45, 7) is -0.522. The highest BCUT2D eigenvalue weighted by molar-refractivity contribution is 5.93. The minimum absolute atomic E-state index is 0.453. The van der Waals surface area contributed by atoms with E-state index in [0.717, 1.165) is 23.2 Å². The molecular weight excluding hydrogens is 325 g/mol. The maximum absolute atomic E-state index is 12.7. The number of anilines is 1. The maximum Gasteiger partial charge on any atom is 0.421 e. The van der Waals surface area contributed by atoms with E-state index in [9.17, 15) is 22.8 Å². The number of carbonyl (C=O) groups excluding carboxylic acids is 1. The highest BCUT2D eigenvalue weighted by Crippen LogP contribution is 2.26. The molecule has 0 spiro atoms. The average Bonchev–Trinajstić information content (AvgIpc) is 2.95. The second-order valence-electron chi connectivity index (χ2n) is 5.07. The summed E-state index contributed by atoms with van der Waals surface area (Å²) in [5.74, 6) is -0.612. The standard InChI is InChI=1S/C15H11F3N4O2/c16-15(17,18)11-2-1-5-22(14(11)24)8-13(23)20-10-3-4-12-9(6-10)7-19-21-12/h1-7H,8H2,(H,19,21)(H,20,23). The van der Waals surface area contributed by atoms with Gasteiger partial charge in [-0.25, -0.2) is 0 Å². The molecule has 1 aromatic carbocycles. The van der Waals surface area contributed by atoms with Gasteiger partial charge in [0, 0.05) is 17.3 Å². The van der Waals surface area contributed by atoms with E-state index in [2.05, 4.69) is 15.5 Å². The van der Waals surface area contributed by atoms with Gasteiger partial charge in [-0.15, -0.1) is 0 Å². The van der Waals surface area contributed by atoms with Crippen LogP contribution in [0.5, 0.6) is 0 Å². The highest BCUT2D eigenvalue weighted by Gasteiger charge is 2.34. The fourth-order valence-electron chi connectivity index (χ4n) is 2.25. The molecule has 9 heteroatoms. The molecule has 0 aliphatic heterocycles.